The van der Waals surface area contributed by atoms with Gasteiger partial charge in [-0.05, 0) is 55.3 Å². The van der Waals surface area contributed by atoms with E-state index >= 15 is 0 Å². The Kier molecular flexibility index (Phi) is 5.80. The van der Waals surface area contributed by atoms with Gasteiger partial charge in [0, 0.05) is 12.1 Å². The van der Waals surface area contributed by atoms with Crippen LogP contribution in [0.3, 0.4) is 0 Å². The smallest absolute Gasteiger partial charge is 0.261 e. The summed E-state index contributed by atoms with van der Waals surface area (Å²) in [6.45, 7) is 4.20. The highest BCUT2D eigenvalue weighted by Crippen LogP contribution is 2.21. The van der Waals surface area contributed by atoms with E-state index in [1.54, 1.807) is 43.3 Å². The van der Waals surface area contributed by atoms with Crippen molar-refractivity contribution in [3.63, 3.8) is 0 Å². The topological polar surface area (TPSA) is 75.3 Å². The molecule has 0 aromatic heterocycles. The Hall–Kier alpha value is -3.12. The fraction of sp³-hybridized carbons (Fsp3) is 0.136. The second-order valence-corrected chi connectivity index (χ2v) is 8.30. The van der Waals surface area contributed by atoms with Gasteiger partial charge in [-0.2, -0.15) is 0 Å². The van der Waals surface area contributed by atoms with Crippen molar-refractivity contribution < 1.29 is 13.2 Å². The van der Waals surface area contributed by atoms with Crippen LogP contribution >= 0.6 is 0 Å². The minimum absolute atomic E-state index is 0.189. The van der Waals surface area contributed by atoms with E-state index in [4.69, 9.17) is 0 Å². The second-order valence-electron chi connectivity index (χ2n) is 6.62. The van der Waals surface area contributed by atoms with Gasteiger partial charge in [0.15, 0.2) is 0 Å². The van der Waals surface area contributed by atoms with E-state index in [9.17, 15) is 13.2 Å². The molecule has 28 heavy (non-hydrogen) atoms. The standard InChI is InChI=1S/C22H22N2O3S/c1-16-7-6-8-18(13-16)15-23-22(25)19-11-12-21(17(2)14-19)24-28(26,27)20-9-4-3-5-10-20/h3-14,24H,15H2,1-2H3,(H,23,25). The van der Waals surface area contributed by atoms with Crippen LogP contribution in [0.1, 0.15) is 27.0 Å². The molecule has 5 nitrogen and oxygen atoms in total. The van der Waals surface area contributed by atoms with Gasteiger partial charge in [-0.3, -0.25) is 9.52 Å². The van der Waals surface area contributed by atoms with Crippen LogP contribution in [0.5, 0.6) is 0 Å². The molecule has 0 bridgehead atoms. The summed E-state index contributed by atoms with van der Waals surface area (Å²) in [6, 6.07) is 21.0. The van der Waals surface area contributed by atoms with Crippen LogP contribution in [0.4, 0.5) is 5.69 Å². The normalized spacial score (nSPS) is 11.1. The number of anilines is 1. The first-order chi connectivity index (χ1) is 13.3. The van der Waals surface area contributed by atoms with Crippen molar-refractivity contribution in [3.05, 3.63) is 95.1 Å². The summed E-state index contributed by atoms with van der Waals surface area (Å²) in [4.78, 5) is 12.6. The Balaban J connectivity index is 1.70. The number of carbonyl (C=O) groups is 1. The van der Waals surface area contributed by atoms with Crippen LogP contribution in [0.15, 0.2) is 77.7 Å². The van der Waals surface area contributed by atoms with Crippen molar-refractivity contribution in [1.29, 1.82) is 0 Å². The second kappa shape index (κ2) is 8.27. The molecule has 0 aliphatic rings. The Labute approximate surface area is 165 Å². The van der Waals surface area contributed by atoms with Crippen LogP contribution in [0, 0.1) is 13.8 Å². The molecule has 0 saturated carbocycles. The summed E-state index contributed by atoms with van der Waals surface area (Å²) < 4.78 is 27.5. The summed E-state index contributed by atoms with van der Waals surface area (Å²) in [7, 11) is -3.67. The molecule has 0 heterocycles. The zero-order chi connectivity index (χ0) is 20.1. The zero-order valence-corrected chi connectivity index (χ0v) is 16.6. The van der Waals surface area contributed by atoms with Crippen molar-refractivity contribution in [3.8, 4) is 0 Å². The van der Waals surface area contributed by atoms with Gasteiger partial charge >= 0.3 is 0 Å². The molecular weight excluding hydrogens is 372 g/mol. The maximum Gasteiger partial charge on any atom is 0.261 e. The minimum atomic E-state index is -3.67. The largest absolute Gasteiger partial charge is 0.348 e. The zero-order valence-electron chi connectivity index (χ0n) is 15.8. The minimum Gasteiger partial charge on any atom is -0.348 e. The average molecular weight is 394 g/mol. The summed E-state index contributed by atoms with van der Waals surface area (Å²) in [5, 5.41) is 2.89. The maximum absolute atomic E-state index is 12.5. The highest BCUT2D eigenvalue weighted by atomic mass is 32.2. The molecule has 1 amide bonds. The lowest BCUT2D eigenvalue weighted by atomic mass is 10.1. The van der Waals surface area contributed by atoms with Gasteiger partial charge in [0.1, 0.15) is 0 Å². The molecule has 0 saturated heterocycles. The Morgan fingerprint density at radius 1 is 0.893 bits per heavy atom. The fourth-order valence-electron chi connectivity index (χ4n) is 2.83. The monoisotopic (exact) mass is 394 g/mol. The molecular formula is C22H22N2O3S. The van der Waals surface area contributed by atoms with Crippen LogP contribution in [0.25, 0.3) is 0 Å². The lowest BCUT2D eigenvalue weighted by molar-refractivity contribution is 0.0951. The number of carbonyl (C=O) groups excluding carboxylic acids is 1. The number of benzene rings is 3. The van der Waals surface area contributed by atoms with Crippen molar-refractivity contribution >= 4 is 21.6 Å². The first kappa shape index (κ1) is 19.6. The van der Waals surface area contributed by atoms with Crippen molar-refractivity contribution in [2.24, 2.45) is 0 Å². The Morgan fingerprint density at radius 2 is 1.64 bits per heavy atom. The molecule has 2 N–H and O–H groups in total. The quantitative estimate of drug-likeness (QED) is 0.663. The Bertz CT molecular complexity index is 1090. The van der Waals surface area contributed by atoms with E-state index in [-0.39, 0.29) is 10.8 Å². The number of nitrogens with one attached hydrogen (secondary N) is 2. The summed E-state index contributed by atoms with van der Waals surface area (Å²) in [5.41, 5.74) is 3.75. The third kappa shape index (κ3) is 4.78. The van der Waals surface area contributed by atoms with Gasteiger partial charge in [0.05, 0.1) is 10.6 Å². The molecule has 0 radical (unpaired) electrons. The van der Waals surface area contributed by atoms with Gasteiger partial charge in [0.25, 0.3) is 15.9 Å². The predicted molar refractivity (Wildman–Crippen MR) is 111 cm³/mol. The number of amides is 1. The molecule has 0 aliphatic heterocycles. The highest BCUT2D eigenvalue weighted by molar-refractivity contribution is 7.92. The van der Waals surface area contributed by atoms with E-state index in [0.29, 0.717) is 23.4 Å². The first-order valence-electron chi connectivity index (χ1n) is 8.87. The predicted octanol–water partition coefficient (Wildman–Crippen LogP) is 4.03. The molecule has 0 fully saturated rings. The molecule has 0 spiro atoms. The third-order valence-corrected chi connectivity index (χ3v) is 5.70. The van der Waals surface area contributed by atoms with E-state index in [2.05, 4.69) is 10.0 Å². The number of sulfonamides is 1. The number of rotatable bonds is 6. The number of hydrogen-bond acceptors (Lipinski definition) is 3. The van der Waals surface area contributed by atoms with Gasteiger partial charge in [0.2, 0.25) is 0 Å². The Morgan fingerprint density at radius 3 is 2.32 bits per heavy atom. The lowest BCUT2D eigenvalue weighted by Gasteiger charge is -2.12. The van der Waals surface area contributed by atoms with Crippen LogP contribution in [-0.2, 0) is 16.6 Å². The molecule has 0 aliphatic carbocycles. The average Bonchev–Trinajstić information content (AvgIpc) is 2.68. The SMILES string of the molecule is Cc1cccc(CNC(=O)c2ccc(NS(=O)(=O)c3ccccc3)c(C)c2)c1. The van der Waals surface area contributed by atoms with Crippen LogP contribution in [-0.4, -0.2) is 14.3 Å². The molecule has 3 aromatic carbocycles. The van der Waals surface area contributed by atoms with Crippen LogP contribution in [0.2, 0.25) is 0 Å². The molecule has 3 rings (SSSR count). The van der Waals surface area contributed by atoms with E-state index in [0.717, 1.165) is 11.1 Å². The van der Waals surface area contributed by atoms with E-state index < -0.39 is 10.0 Å². The lowest BCUT2D eigenvalue weighted by Crippen LogP contribution is -2.23. The van der Waals surface area contributed by atoms with Crippen molar-refractivity contribution in [2.75, 3.05) is 4.72 Å². The third-order valence-electron chi connectivity index (χ3n) is 4.32. The summed E-state index contributed by atoms with van der Waals surface area (Å²) in [6.07, 6.45) is 0. The van der Waals surface area contributed by atoms with Gasteiger partial charge < -0.3 is 5.32 Å². The molecule has 0 atom stereocenters. The molecule has 6 heteroatoms. The van der Waals surface area contributed by atoms with Gasteiger partial charge in [-0.25, -0.2) is 8.42 Å². The first-order valence-corrected chi connectivity index (χ1v) is 10.4. The van der Waals surface area contributed by atoms with Gasteiger partial charge in [-0.15, -0.1) is 0 Å². The fourth-order valence-corrected chi connectivity index (χ4v) is 3.98. The number of hydrogen-bond donors (Lipinski definition) is 2. The van der Waals surface area contributed by atoms with Crippen LogP contribution < -0.4 is 10.0 Å². The molecule has 144 valence electrons. The number of aryl methyl sites for hydroxylation is 2. The van der Waals surface area contributed by atoms with Gasteiger partial charge in [-0.1, -0.05) is 48.0 Å². The van der Waals surface area contributed by atoms with E-state index in [1.807, 2.05) is 31.2 Å². The highest BCUT2D eigenvalue weighted by Gasteiger charge is 2.15. The summed E-state index contributed by atoms with van der Waals surface area (Å²) in [5.74, 6) is -0.206. The maximum atomic E-state index is 12.5. The van der Waals surface area contributed by atoms with Crippen molar-refractivity contribution in [2.45, 2.75) is 25.3 Å². The molecule has 0 unspecified atom stereocenters. The van der Waals surface area contributed by atoms with E-state index in [1.165, 1.54) is 12.1 Å². The summed E-state index contributed by atoms with van der Waals surface area (Å²) >= 11 is 0. The molecule has 3 aromatic rings. The van der Waals surface area contributed by atoms with Crippen molar-refractivity contribution in [1.82, 2.24) is 5.32 Å².